The number of nitrogens with zero attached hydrogens (tertiary/aromatic N) is 1. The Morgan fingerprint density at radius 3 is 2.45 bits per heavy atom. The molecule has 1 aliphatic heterocycles. The molecular weight excluding hydrogens is 465 g/mol. The second-order valence-corrected chi connectivity index (χ2v) is 9.75. The van der Waals surface area contributed by atoms with Crippen LogP contribution in [-0.4, -0.2) is 47.2 Å². The van der Waals surface area contributed by atoms with E-state index in [1.165, 1.54) is 7.11 Å². The fourth-order valence-electron chi connectivity index (χ4n) is 4.64. The zero-order chi connectivity index (χ0) is 23.8. The van der Waals surface area contributed by atoms with Gasteiger partial charge in [-0.25, -0.2) is 0 Å². The molecule has 2 aliphatic rings. The summed E-state index contributed by atoms with van der Waals surface area (Å²) in [6.45, 7) is 1.42. The minimum atomic E-state index is -1.47. The summed E-state index contributed by atoms with van der Waals surface area (Å²) in [7, 11) is 1.28. The number of aliphatic hydroxyl groups excluding tert-OH is 1. The molecule has 176 valence electrons. The van der Waals surface area contributed by atoms with E-state index < -0.39 is 29.8 Å². The molecule has 0 radical (unpaired) electrons. The number of halogens is 2. The molecule has 1 N–H and O–H groups in total. The minimum absolute atomic E-state index is 0.183. The first-order valence-corrected chi connectivity index (χ1v) is 11.7. The number of hydrogen-bond acceptors (Lipinski definition) is 5. The van der Waals surface area contributed by atoms with Crippen molar-refractivity contribution in [3.63, 3.8) is 0 Å². The molecule has 1 heterocycles. The predicted molar refractivity (Wildman–Crippen MR) is 125 cm³/mol. The Morgan fingerprint density at radius 1 is 1.18 bits per heavy atom. The number of hydrogen-bond donors (Lipinski definition) is 1. The Bertz CT molecular complexity index is 1030. The lowest BCUT2D eigenvalue weighted by Gasteiger charge is -2.51. The van der Waals surface area contributed by atoms with Gasteiger partial charge >= 0.3 is 5.97 Å². The summed E-state index contributed by atoms with van der Waals surface area (Å²) in [6.07, 6.45) is 0.980. The third-order valence-corrected chi connectivity index (χ3v) is 6.96. The van der Waals surface area contributed by atoms with Crippen LogP contribution < -0.4 is 0 Å². The van der Waals surface area contributed by atoms with Gasteiger partial charge in [-0.3, -0.25) is 9.59 Å². The van der Waals surface area contributed by atoms with Crippen molar-refractivity contribution >= 4 is 35.1 Å². The molecule has 2 aromatic carbocycles. The van der Waals surface area contributed by atoms with E-state index in [9.17, 15) is 14.7 Å². The number of aliphatic hydroxyl groups is 1. The van der Waals surface area contributed by atoms with Crippen LogP contribution in [0.3, 0.4) is 0 Å². The zero-order valence-corrected chi connectivity index (χ0v) is 20.1. The lowest BCUT2D eigenvalue weighted by molar-refractivity contribution is -0.209. The monoisotopic (exact) mass is 491 g/mol. The van der Waals surface area contributed by atoms with Crippen molar-refractivity contribution in [3.8, 4) is 0 Å². The SMILES string of the molecule is COC(=O)C[C@]1(C)O[C@H](c2cccc(Cl)c2)[C@@H](c2ccc(Cl)cc2)N([C@H](CO)C2CC2)C1=O. The number of carbonyl (C=O) groups is 2. The summed E-state index contributed by atoms with van der Waals surface area (Å²) in [5.41, 5.74) is 0.117. The molecule has 8 heteroatoms. The molecule has 1 aliphatic carbocycles. The molecule has 0 aromatic heterocycles. The molecule has 2 fully saturated rings. The third kappa shape index (κ3) is 4.90. The standard InChI is InChI=1S/C25H27Cl2NO5/c1-25(13-21(30)32-2)24(31)28(20(14-29)15-6-7-15)22(16-8-10-18(26)11-9-16)23(33-25)17-4-3-5-19(27)12-17/h3-5,8-12,15,20,22-23,29H,6-7,13-14H2,1-2H3/t20-,22-,23-,25+/m1/s1. The predicted octanol–water partition coefficient (Wildman–Crippen LogP) is 4.73. The van der Waals surface area contributed by atoms with Gasteiger partial charge in [-0.15, -0.1) is 0 Å². The van der Waals surface area contributed by atoms with Crippen LogP contribution in [0.25, 0.3) is 0 Å². The molecule has 2 aromatic rings. The number of benzene rings is 2. The molecule has 33 heavy (non-hydrogen) atoms. The van der Waals surface area contributed by atoms with Gasteiger partial charge in [0.15, 0.2) is 5.60 Å². The molecule has 4 atom stereocenters. The Balaban J connectivity index is 1.88. The molecule has 1 saturated heterocycles. The van der Waals surface area contributed by atoms with E-state index in [-0.39, 0.29) is 24.9 Å². The van der Waals surface area contributed by atoms with Gasteiger partial charge in [-0.2, -0.15) is 0 Å². The maximum Gasteiger partial charge on any atom is 0.308 e. The van der Waals surface area contributed by atoms with E-state index in [0.717, 1.165) is 24.0 Å². The lowest BCUT2D eigenvalue weighted by atomic mass is 9.85. The number of methoxy groups -OCH3 is 1. The van der Waals surface area contributed by atoms with Gasteiger partial charge in [-0.05, 0) is 61.1 Å². The Morgan fingerprint density at radius 2 is 1.88 bits per heavy atom. The van der Waals surface area contributed by atoms with Crippen molar-refractivity contribution < 1.29 is 24.2 Å². The summed E-state index contributed by atoms with van der Waals surface area (Å²) in [5, 5.41) is 11.5. The first-order valence-electron chi connectivity index (χ1n) is 11.0. The topological polar surface area (TPSA) is 76.1 Å². The number of carbonyl (C=O) groups excluding carboxylic acids is 2. The highest BCUT2D eigenvalue weighted by atomic mass is 35.5. The van der Waals surface area contributed by atoms with Gasteiger partial charge in [0.05, 0.1) is 32.2 Å². The van der Waals surface area contributed by atoms with Crippen LogP contribution in [0, 0.1) is 5.92 Å². The number of esters is 1. The van der Waals surface area contributed by atoms with Gasteiger partial charge in [0.2, 0.25) is 0 Å². The molecule has 0 spiro atoms. The Kier molecular flexibility index (Phi) is 7.01. The van der Waals surface area contributed by atoms with Crippen molar-refractivity contribution in [2.75, 3.05) is 13.7 Å². The van der Waals surface area contributed by atoms with Crippen molar-refractivity contribution in [1.82, 2.24) is 4.90 Å². The highest BCUT2D eigenvalue weighted by Crippen LogP contribution is 2.50. The highest BCUT2D eigenvalue weighted by molar-refractivity contribution is 6.30. The van der Waals surface area contributed by atoms with Gasteiger partial charge in [-0.1, -0.05) is 47.5 Å². The lowest BCUT2D eigenvalue weighted by Crippen LogP contribution is -2.61. The smallest absolute Gasteiger partial charge is 0.308 e. The van der Waals surface area contributed by atoms with Gasteiger partial charge in [0, 0.05) is 10.0 Å². The van der Waals surface area contributed by atoms with Crippen LogP contribution in [0.15, 0.2) is 48.5 Å². The van der Waals surface area contributed by atoms with Crippen LogP contribution >= 0.6 is 23.2 Å². The quantitative estimate of drug-likeness (QED) is 0.566. The Hall–Kier alpha value is -2.12. The zero-order valence-electron chi connectivity index (χ0n) is 18.5. The van der Waals surface area contributed by atoms with Crippen molar-refractivity contribution in [2.24, 2.45) is 5.92 Å². The molecule has 0 unspecified atom stereocenters. The van der Waals surface area contributed by atoms with E-state index in [1.54, 1.807) is 36.1 Å². The maximum atomic E-state index is 14.0. The summed E-state index contributed by atoms with van der Waals surface area (Å²) < 4.78 is 11.3. The average Bonchev–Trinajstić information content (AvgIpc) is 3.63. The van der Waals surface area contributed by atoms with Crippen molar-refractivity contribution in [2.45, 2.75) is 50.0 Å². The van der Waals surface area contributed by atoms with Crippen LogP contribution in [0.5, 0.6) is 0 Å². The summed E-state index contributed by atoms with van der Waals surface area (Å²) in [6, 6.07) is 13.6. The van der Waals surface area contributed by atoms with Crippen LogP contribution in [-0.2, 0) is 19.1 Å². The second kappa shape index (κ2) is 9.63. The first kappa shape index (κ1) is 24.0. The molecule has 1 saturated carbocycles. The van der Waals surface area contributed by atoms with Crippen LogP contribution in [0.4, 0.5) is 0 Å². The summed E-state index contributed by atoms with van der Waals surface area (Å²) >= 11 is 12.4. The molecule has 6 nitrogen and oxygen atoms in total. The Labute approximate surface area is 203 Å². The van der Waals surface area contributed by atoms with E-state index >= 15 is 0 Å². The fraction of sp³-hybridized carbons (Fsp3) is 0.440. The normalized spacial score (nSPS) is 26.2. The van der Waals surface area contributed by atoms with Crippen molar-refractivity contribution in [3.05, 3.63) is 69.7 Å². The van der Waals surface area contributed by atoms with Crippen LogP contribution in [0.2, 0.25) is 10.0 Å². The van der Waals surface area contributed by atoms with Gasteiger partial charge in [0.1, 0.15) is 6.10 Å². The molecule has 0 bridgehead atoms. The fourth-order valence-corrected chi connectivity index (χ4v) is 4.96. The average molecular weight is 492 g/mol. The van der Waals surface area contributed by atoms with E-state index in [4.69, 9.17) is 32.7 Å². The van der Waals surface area contributed by atoms with E-state index in [1.807, 2.05) is 24.3 Å². The number of ether oxygens (including phenoxy) is 2. The maximum absolute atomic E-state index is 14.0. The number of morpholine rings is 1. The minimum Gasteiger partial charge on any atom is -0.469 e. The third-order valence-electron chi connectivity index (χ3n) is 6.47. The molecule has 1 amide bonds. The van der Waals surface area contributed by atoms with Crippen molar-refractivity contribution in [1.29, 1.82) is 0 Å². The number of rotatable bonds is 7. The van der Waals surface area contributed by atoms with Gasteiger partial charge < -0.3 is 19.5 Å². The molecular formula is C25H27Cl2NO5. The summed E-state index contributed by atoms with van der Waals surface area (Å²) in [5.74, 6) is -0.709. The largest absolute Gasteiger partial charge is 0.469 e. The van der Waals surface area contributed by atoms with E-state index in [2.05, 4.69) is 0 Å². The highest BCUT2D eigenvalue weighted by Gasteiger charge is 2.55. The number of amides is 1. The van der Waals surface area contributed by atoms with Crippen LogP contribution in [0.1, 0.15) is 49.5 Å². The first-order chi connectivity index (χ1) is 15.8. The van der Waals surface area contributed by atoms with Gasteiger partial charge in [0.25, 0.3) is 5.91 Å². The second-order valence-electron chi connectivity index (χ2n) is 8.87. The molecule has 4 rings (SSSR count). The summed E-state index contributed by atoms with van der Waals surface area (Å²) in [4.78, 5) is 27.9. The van der Waals surface area contributed by atoms with E-state index in [0.29, 0.717) is 10.0 Å².